The highest BCUT2D eigenvalue weighted by atomic mass is 14.6. The van der Waals surface area contributed by atoms with Crippen LogP contribution >= 0.6 is 0 Å². The van der Waals surface area contributed by atoms with E-state index in [1.54, 1.807) is 0 Å². The molecule has 0 unspecified atom stereocenters. The summed E-state index contributed by atoms with van der Waals surface area (Å²) in [5, 5.41) is 0. The Kier molecular flexibility index (Phi) is 3.95. The fourth-order valence-electron chi connectivity index (χ4n) is 1.75. The van der Waals surface area contributed by atoms with Crippen LogP contribution in [0.4, 0.5) is 0 Å². The van der Waals surface area contributed by atoms with E-state index >= 15 is 0 Å². The van der Waals surface area contributed by atoms with Gasteiger partial charge in [0.1, 0.15) is 0 Å². The lowest BCUT2D eigenvalue weighted by molar-refractivity contribution is 0.361. The average Bonchev–Trinajstić information content (AvgIpc) is 2.07. The van der Waals surface area contributed by atoms with E-state index in [0.717, 1.165) is 5.92 Å². The van der Waals surface area contributed by atoms with E-state index in [4.69, 9.17) is 0 Å². The van der Waals surface area contributed by atoms with Gasteiger partial charge in [0, 0.05) is 6.20 Å². The van der Waals surface area contributed by atoms with Crippen LogP contribution in [0, 0.1) is 5.92 Å². The van der Waals surface area contributed by atoms with Crippen LogP contribution in [0.3, 0.4) is 0 Å². The minimum atomic E-state index is 0.932. The SMILES string of the molecule is C=N/C=C\CC1CCCCC1. The average molecular weight is 151 g/mol. The normalized spacial score (nSPS) is 20.7. The predicted molar refractivity (Wildman–Crippen MR) is 49.9 cm³/mol. The molecule has 1 aliphatic carbocycles. The molecule has 0 radical (unpaired) electrons. The van der Waals surface area contributed by atoms with Gasteiger partial charge in [0.05, 0.1) is 0 Å². The van der Waals surface area contributed by atoms with Gasteiger partial charge in [-0.2, -0.15) is 0 Å². The van der Waals surface area contributed by atoms with Gasteiger partial charge in [0.2, 0.25) is 0 Å². The lowest BCUT2D eigenvalue weighted by atomic mass is 9.87. The lowest BCUT2D eigenvalue weighted by Gasteiger charge is -2.19. The third kappa shape index (κ3) is 3.35. The molecule has 0 spiro atoms. The first-order valence-corrected chi connectivity index (χ1v) is 4.54. The van der Waals surface area contributed by atoms with E-state index in [0.29, 0.717) is 0 Å². The summed E-state index contributed by atoms with van der Waals surface area (Å²) in [4.78, 5) is 3.69. The van der Waals surface area contributed by atoms with Crippen molar-refractivity contribution in [2.75, 3.05) is 0 Å². The number of rotatable bonds is 3. The number of aliphatic imine (C=N–C) groups is 1. The van der Waals surface area contributed by atoms with Crippen LogP contribution in [0.5, 0.6) is 0 Å². The zero-order valence-electron chi connectivity index (χ0n) is 7.13. The smallest absolute Gasteiger partial charge is 0.0220 e. The molecule has 1 rings (SSSR count). The van der Waals surface area contributed by atoms with Crippen molar-refractivity contribution in [2.24, 2.45) is 10.9 Å². The van der Waals surface area contributed by atoms with Crippen LogP contribution in [-0.2, 0) is 0 Å². The molecule has 1 fully saturated rings. The van der Waals surface area contributed by atoms with Crippen LogP contribution in [0.2, 0.25) is 0 Å². The molecule has 0 aromatic heterocycles. The second-order valence-corrected chi connectivity index (χ2v) is 3.31. The quantitative estimate of drug-likeness (QED) is 0.549. The monoisotopic (exact) mass is 151 g/mol. The summed E-state index contributed by atoms with van der Waals surface area (Å²) in [5.74, 6) is 0.932. The fourth-order valence-corrected chi connectivity index (χ4v) is 1.75. The number of hydrogen-bond donors (Lipinski definition) is 0. The number of nitrogens with zero attached hydrogens (tertiary/aromatic N) is 1. The second kappa shape index (κ2) is 5.11. The highest BCUT2D eigenvalue weighted by Gasteiger charge is 2.10. The maximum Gasteiger partial charge on any atom is 0.0220 e. The summed E-state index contributed by atoms with van der Waals surface area (Å²) in [7, 11) is 0. The first kappa shape index (κ1) is 8.51. The van der Waals surface area contributed by atoms with Crippen molar-refractivity contribution in [3.05, 3.63) is 12.3 Å². The van der Waals surface area contributed by atoms with E-state index in [2.05, 4.69) is 17.8 Å². The highest BCUT2D eigenvalue weighted by molar-refractivity contribution is 5.25. The van der Waals surface area contributed by atoms with Crippen molar-refractivity contribution in [2.45, 2.75) is 38.5 Å². The first-order valence-electron chi connectivity index (χ1n) is 4.54. The standard InChI is InChI=1S/C10H17N/c1-11-9-5-8-10-6-3-2-4-7-10/h5,9-10H,1-4,6-8H2/b9-5-. The zero-order chi connectivity index (χ0) is 7.94. The summed E-state index contributed by atoms with van der Waals surface area (Å²) in [6.45, 7) is 3.41. The van der Waals surface area contributed by atoms with E-state index < -0.39 is 0 Å². The second-order valence-electron chi connectivity index (χ2n) is 3.31. The van der Waals surface area contributed by atoms with Crippen molar-refractivity contribution in [3.63, 3.8) is 0 Å². The molecule has 0 amide bonds. The molecule has 1 saturated carbocycles. The van der Waals surface area contributed by atoms with Crippen LogP contribution in [-0.4, -0.2) is 6.72 Å². The van der Waals surface area contributed by atoms with Crippen LogP contribution in [0.25, 0.3) is 0 Å². The Morgan fingerprint density at radius 2 is 2.00 bits per heavy atom. The Labute approximate surface area is 69.2 Å². The predicted octanol–water partition coefficient (Wildman–Crippen LogP) is 3.17. The van der Waals surface area contributed by atoms with Gasteiger partial charge in [0.25, 0.3) is 0 Å². The summed E-state index contributed by atoms with van der Waals surface area (Å²) in [6, 6.07) is 0. The minimum absolute atomic E-state index is 0.932. The molecular formula is C10H17N. The molecule has 0 aliphatic heterocycles. The van der Waals surface area contributed by atoms with E-state index in [1.165, 1.54) is 38.5 Å². The van der Waals surface area contributed by atoms with Gasteiger partial charge in [-0.15, -0.1) is 0 Å². The van der Waals surface area contributed by atoms with E-state index in [9.17, 15) is 0 Å². The van der Waals surface area contributed by atoms with Gasteiger partial charge >= 0.3 is 0 Å². The Morgan fingerprint density at radius 1 is 1.27 bits per heavy atom. The molecule has 0 aromatic carbocycles. The van der Waals surface area contributed by atoms with Crippen LogP contribution in [0.15, 0.2) is 17.3 Å². The molecule has 1 aliphatic rings. The van der Waals surface area contributed by atoms with Gasteiger partial charge in [-0.05, 0) is 19.1 Å². The third-order valence-corrected chi connectivity index (χ3v) is 2.40. The van der Waals surface area contributed by atoms with Crippen LogP contribution in [0.1, 0.15) is 38.5 Å². The Balaban J connectivity index is 2.14. The molecular weight excluding hydrogens is 134 g/mol. The molecule has 0 saturated heterocycles. The Bertz CT molecular complexity index is 132. The van der Waals surface area contributed by atoms with Gasteiger partial charge in [-0.1, -0.05) is 38.2 Å². The van der Waals surface area contributed by atoms with Crippen molar-refractivity contribution in [1.29, 1.82) is 0 Å². The topological polar surface area (TPSA) is 12.4 Å². The molecule has 11 heavy (non-hydrogen) atoms. The number of hydrogen-bond acceptors (Lipinski definition) is 1. The van der Waals surface area contributed by atoms with Gasteiger partial charge in [-0.3, -0.25) is 4.99 Å². The molecule has 0 bridgehead atoms. The maximum atomic E-state index is 3.69. The van der Waals surface area contributed by atoms with Gasteiger partial charge in [-0.25, -0.2) is 0 Å². The summed E-state index contributed by atoms with van der Waals surface area (Å²) < 4.78 is 0. The molecule has 0 heterocycles. The molecule has 1 heteroatoms. The van der Waals surface area contributed by atoms with Crippen LogP contribution < -0.4 is 0 Å². The first-order chi connectivity index (χ1) is 5.43. The summed E-state index contributed by atoms with van der Waals surface area (Å²) in [5.41, 5.74) is 0. The maximum absolute atomic E-state index is 3.69. The molecule has 62 valence electrons. The number of allylic oxidation sites excluding steroid dienone is 1. The van der Waals surface area contributed by atoms with E-state index in [-0.39, 0.29) is 0 Å². The van der Waals surface area contributed by atoms with Crippen molar-refractivity contribution >= 4 is 6.72 Å². The minimum Gasteiger partial charge on any atom is -0.273 e. The fraction of sp³-hybridized carbons (Fsp3) is 0.700. The van der Waals surface area contributed by atoms with Crippen molar-refractivity contribution < 1.29 is 0 Å². The molecule has 0 N–H and O–H groups in total. The Morgan fingerprint density at radius 3 is 2.64 bits per heavy atom. The molecule has 0 atom stereocenters. The largest absolute Gasteiger partial charge is 0.273 e. The highest BCUT2D eigenvalue weighted by Crippen LogP contribution is 2.26. The van der Waals surface area contributed by atoms with Crippen molar-refractivity contribution in [3.8, 4) is 0 Å². The van der Waals surface area contributed by atoms with E-state index in [1.807, 2.05) is 6.20 Å². The summed E-state index contributed by atoms with van der Waals surface area (Å²) >= 11 is 0. The zero-order valence-corrected chi connectivity index (χ0v) is 7.13. The lowest BCUT2D eigenvalue weighted by Crippen LogP contribution is -2.04. The van der Waals surface area contributed by atoms with Gasteiger partial charge < -0.3 is 0 Å². The van der Waals surface area contributed by atoms with Crippen molar-refractivity contribution in [1.82, 2.24) is 0 Å². The molecule has 1 nitrogen and oxygen atoms in total. The Hall–Kier alpha value is -0.590. The molecule has 0 aromatic rings. The summed E-state index contributed by atoms with van der Waals surface area (Å²) in [6.07, 6.45) is 12.3. The van der Waals surface area contributed by atoms with Gasteiger partial charge in [0.15, 0.2) is 0 Å². The third-order valence-electron chi connectivity index (χ3n) is 2.40.